The highest BCUT2D eigenvalue weighted by molar-refractivity contribution is 5.33. The Morgan fingerprint density at radius 2 is 1.64 bits per heavy atom. The van der Waals surface area contributed by atoms with E-state index in [1.54, 1.807) is 0 Å². The van der Waals surface area contributed by atoms with Gasteiger partial charge in [0.05, 0.1) is 13.2 Å². The second-order valence-corrected chi connectivity index (χ2v) is 10.0. The Morgan fingerprint density at radius 3 is 2.29 bits per heavy atom. The molecule has 0 aromatic heterocycles. The van der Waals surface area contributed by atoms with Gasteiger partial charge in [0, 0.05) is 81.8 Å². The first kappa shape index (κ1) is 19.0. The molecule has 5 aliphatic heterocycles. The fourth-order valence-electron chi connectivity index (χ4n) is 6.31. The molecule has 1 aromatic carbocycles. The number of piperidine rings is 2. The largest absolute Gasteiger partial charge is 0.379 e. The van der Waals surface area contributed by atoms with E-state index in [2.05, 4.69) is 64.2 Å². The molecule has 0 spiro atoms. The molecule has 5 saturated heterocycles. The van der Waals surface area contributed by atoms with Crippen molar-refractivity contribution in [3.63, 3.8) is 0 Å². The highest BCUT2D eigenvalue weighted by atomic mass is 16.5. The zero-order valence-corrected chi connectivity index (χ0v) is 17.6. The highest BCUT2D eigenvalue weighted by Crippen LogP contribution is 2.43. The number of hydrogen-bond donors (Lipinski definition) is 1. The van der Waals surface area contributed by atoms with Crippen LogP contribution in [0.5, 0.6) is 0 Å². The van der Waals surface area contributed by atoms with Crippen molar-refractivity contribution in [3.8, 4) is 0 Å². The molecule has 5 heterocycles. The van der Waals surface area contributed by atoms with E-state index in [9.17, 15) is 0 Å². The van der Waals surface area contributed by atoms with Crippen molar-refractivity contribution in [2.24, 2.45) is 5.92 Å². The van der Waals surface area contributed by atoms with Gasteiger partial charge in [0.1, 0.15) is 0 Å². The van der Waals surface area contributed by atoms with Gasteiger partial charge in [-0.1, -0.05) is 30.3 Å². The molecule has 5 aliphatic rings. The summed E-state index contributed by atoms with van der Waals surface area (Å²) >= 11 is 0. The van der Waals surface area contributed by atoms with E-state index < -0.39 is 0 Å². The van der Waals surface area contributed by atoms with Gasteiger partial charge in [0.15, 0.2) is 0 Å². The van der Waals surface area contributed by atoms with Gasteiger partial charge in [-0.3, -0.25) is 4.90 Å². The number of benzene rings is 1. The molecule has 5 heteroatoms. The van der Waals surface area contributed by atoms with E-state index in [-0.39, 0.29) is 11.0 Å². The van der Waals surface area contributed by atoms with E-state index in [4.69, 9.17) is 4.74 Å². The Morgan fingerprint density at radius 1 is 1.00 bits per heavy atom. The fourth-order valence-corrected chi connectivity index (χ4v) is 6.31. The third kappa shape index (κ3) is 3.31. The monoisotopic (exact) mass is 384 g/mol. The van der Waals surface area contributed by atoms with E-state index >= 15 is 0 Å². The van der Waals surface area contributed by atoms with E-state index in [0.717, 1.165) is 32.8 Å². The predicted octanol–water partition coefficient (Wildman–Crippen LogP) is 1.25. The summed E-state index contributed by atoms with van der Waals surface area (Å²) in [5.74, 6) is 0.714. The summed E-state index contributed by atoms with van der Waals surface area (Å²) in [6.45, 7) is 17.0. The summed E-state index contributed by atoms with van der Waals surface area (Å²) in [5.41, 5.74) is 1.89. The van der Waals surface area contributed by atoms with Crippen molar-refractivity contribution in [3.05, 3.63) is 35.9 Å². The lowest BCUT2D eigenvalue weighted by atomic mass is 9.64. The first-order chi connectivity index (χ1) is 13.6. The minimum Gasteiger partial charge on any atom is -0.379 e. The summed E-state index contributed by atoms with van der Waals surface area (Å²) in [6, 6.07) is 11.9. The van der Waals surface area contributed by atoms with Gasteiger partial charge in [-0.05, 0) is 19.4 Å². The molecule has 0 radical (unpaired) electrons. The third-order valence-corrected chi connectivity index (χ3v) is 7.77. The number of hydrogen-bond acceptors (Lipinski definition) is 5. The van der Waals surface area contributed by atoms with Crippen LogP contribution in [0, 0.1) is 5.92 Å². The number of ether oxygens (including phenoxy) is 1. The number of nitrogens with one attached hydrogen (secondary N) is 1. The summed E-state index contributed by atoms with van der Waals surface area (Å²) < 4.78 is 5.58. The van der Waals surface area contributed by atoms with Crippen molar-refractivity contribution in [2.45, 2.75) is 30.8 Å². The van der Waals surface area contributed by atoms with E-state index in [0.29, 0.717) is 12.0 Å². The Hall–Kier alpha value is -0.980. The van der Waals surface area contributed by atoms with Crippen LogP contribution in [0.2, 0.25) is 0 Å². The standard InChI is InChI=1S/C23H36N4O/c1-22(2,27-10-12-28-13-11-27)16-24-21-19-14-25-8-9-26(15-19)18-23(21,17-25)20-6-4-3-5-7-20/h3-7,19,21,24H,8-18H2,1-2H3. The molecule has 154 valence electrons. The molecule has 3 atom stereocenters. The summed E-state index contributed by atoms with van der Waals surface area (Å²) in [7, 11) is 0. The first-order valence-electron chi connectivity index (χ1n) is 11.1. The molecular formula is C23H36N4O. The number of fused-ring (bicyclic) bond motifs is 1. The van der Waals surface area contributed by atoms with E-state index in [1.807, 2.05) is 0 Å². The molecule has 28 heavy (non-hydrogen) atoms. The van der Waals surface area contributed by atoms with Crippen LogP contribution < -0.4 is 5.32 Å². The van der Waals surface area contributed by atoms with Crippen LogP contribution in [0.15, 0.2) is 30.3 Å². The van der Waals surface area contributed by atoms with Crippen LogP contribution in [0.1, 0.15) is 19.4 Å². The minimum atomic E-state index is 0.160. The SMILES string of the molecule is CC(C)(CNC1C2CN3CCN(C2)CC1(c1ccccc1)C3)N1CCOCC1. The average molecular weight is 385 g/mol. The second-order valence-electron chi connectivity index (χ2n) is 10.0. The Bertz CT molecular complexity index is 656. The normalized spacial score (nSPS) is 38.5. The van der Waals surface area contributed by atoms with Gasteiger partial charge < -0.3 is 19.9 Å². The molecule has 5 nitrogen and oxygen atoms in total. The van der Waals surface area contributed by atoms with Crippen molar-refractivity contribution in [1.29, 1.82) is 0 Å². The molecule has 0 aliphatic carbocycles. The van der Waals surface area contributed by atoms with Crippen LogP contribution in [-0.4, -0.2) is 98.4 Å². The number of rotatable bonds is 5. The molecule has 4 bridgehead atoms. The molecule has 1 N–H and O–H groups in total. The van der Waals surface area contributed by atoms with Crippen molar-refractivity contribution in [2.75, 3.05) is 72.1 Å². The fraction of sp³-hybridized carbons (Fsp3) is 0.739. The lowest BCUT2D eigenvalue weighted by Gasteiger charge is -2.57. The zero-order valence-electron chi connectivity index (χ0n) is 17.6. The van der Waals surface area contributed by atoms with E-state index in [1.165, 1.54) is 44.8 Å². The molecule has 1 aromatic rings. The topological polar surface area (TPSA) is 31.0 Å². The molecule has 0 amide bonds. The third-order valence-electron chi connectivity index (χ3n) is 7.77. The van der Waals surface area contributed by atoms with Gasteiger partial charge in [-0.15, -0.1) is 0 Å². The van der Waals surface area contributed by atoms with Gasteiger partial charge in [-0.25, -0.2) is 0 Å². The quantitative estimate of drug-likeness (QED) is 0.826. The van der Waals surface area contributed by atoms with Gasteiger partial charge in [-0.2, -0.15) is 0 Å². The lowest BCUT2D eigenvalue weighted by Crippen LogP contribution is -2.71. The second kappa shape index (κ2) is 7.37. The molecule has 5 fully saturated rings. The molecule has 3 unspecified atom stereocenters. The van der Waals surface area contributed by atoms with Crippen molar-refractivity contribution in [1.82, 2.24) is 20.0 Å². The number of morpholine rings is 1. The Labute approximate surface area is 170 Å². The average Bonchev–Trinajstić information content (AvgIpc) is 2.97. The lowest BCUT2D eigenvalue weighted by molar-refractivity contribution is -0.0210. The maximum absolute atomic E-state index is 5.58. The molecular weight excluding hydrogens is 348 g/mol. The molecule has 6 rings (SSSR count). The number of nitrogens with zero attached hydrogens (tertiary/aromatic N) is 3. The molecule has 0 saturated carbocycles. The van der Waals surface area contributed by atoms with Crippen molar-refractivity contribution >= 4 is 0 Å². The smallest absolute Gasteiger partial charge is 0.0594 e. The van der Waals surface area contributed by atoms with Crippen molar-refractivity contribution < 1.29 is 4.74 Å². The van der Waals surface area contributed by atoms with Crippen LogP contribution in [0.4, 0.5) is 0 Å². The van der Waals surface area contributed by atoms with Crippen LogP contribution in [0.25, 0.3) is 0 Å². The first-order valence-corrected chi connectivity index (χ1v) is 11.1. The van der Waals surface area contributed by atoms with Crippen LogP contribution in [0.3, 0.4) is 0 Å². The maximum atomic E-state index is 5.58. The maximum Gasteiger partial charge on any atom is 0.0594 e. The summed E-state index contributed by atoms with van der Waals surface area (Å²) in [6.07, 6.45) is 0. The van der Waals surface area contributed by atoms with Gasteiger partial charge in [0.25, 0.3) is 0 Å². The zero-order chi connectivity index (χ0) is 19.2. The predicted molar refractivity (Wildman–Crippen MR) is 113 cm³/mol. The Kier molecular flexibility index (Phi) is 5.00. The van der Waals surface area contributed by atoms with Crippen LogP contribution in [-0.2, 0) is 10.2 Å². The van der Waals surface area contributed by atoms with Gasteiger partial charge in [0.2, 0.25) is 0 Å². The minimum absolute atomic E-state index is 0.160. The van der Waals surface area contributed by atoms with Gasteiger partial charge >= 0.3 is 0 Å². The Balaban J connectivity index is 1.41. The summed E-state index contributed by atoms with van der Waals surface area (Å²) in [5, 5.41) is 4.13. The van der Waals surface area contributed by atoms with Crippen LogP contribution >= 0.6 is 0 Å². The highest BCUT2D eigenvalue weighted by Gasteiger charge is 2.55. The summed E-state index contributed by atoms with van der Waals surface area (Å²) in [4.78, 5) is 8.07.